The van der Waals surface area contributed by atoms with Crippen molar-refractivity contribution in [1.82, 2.24) is 4.98 Å². The van der Waals surface area contributed by atoms with Crippen LogP contribution in [0, 0.1) is 0 Å². The fourth-order valence-corrected chi connectivity index (χ4v) is 1.92. The summed E-state index contributed by atoms with van der Waals surface area (Å²) in [4.78, 5) is 14.7. The number of halogens is 1. The highest BCUT2D eigenvalue weighted by Gasteiger charge is 2.11. The number of nitrogens with two attached hydrogens (primary N) is 1. The van der Waals surface area contributed by atoms with Crippen LogP contribution in [-0.4, -0.2) is 36.8 Å². The van der Waals surface area contributed by atoms with E-state index in [1.165, 1.54) is 12.1 Å². The van der Waals surface area contributed by atoms with Crippen LogP contribution in [0.2, 0.25) is 5.15 Å². The van der Waals surface area contributed by atoms with Gasteiger partial charge in [0, 0.05) is 6.54 Å². The van der Waals surface area contributed by atoms with E-state index in [9.17, 15) is 13.2 Å². The molecule has 7 nitrogen and oxygen atoms in total. The quantitative estimate of drug-likeness (QED) is 0.519. The van der Waals surface area contributed by atoms with Gasteiger partial charge in [-0.1, -0.05) is 11.6 Å². The Morgan fingerprint density at radius 1 is 1.50 bits per heavy atom. The molecule has 0 spiro atoms. The van der Waals surface area contributed by atoms with Crippen LogP contribution in [0.15, 0.2) is 12.1 Å². The zero-order chi connectivity index (χ0) is 13.8. The molecule has 0 aliphatic carbocycles. The minimum absolute atomic E-state index is 0.0324. The first-order valence-corrected chi connectivity index (χ1v) is 7.03. The summed E-state index contributed by atoms with van der Waals surface area (Å²) in [5.41, 5.74) is -0.0324. The van der Waals surface area contributed by atoms with Gasteiger partial charge in [-0.25, -0.2) is 23.3 Å². The third kappa shape index (κ3) is 4.86. The van der Waals surface area contributed by atoms with Crippen molar-refractivity contribution in [2.24, 2.45) is 5.14 Å². The molecule has 0 saturated heterocycles. The molecule has 0 unspecified atom stereocenters. The van der Waals surface area contributed by atoms with Crippen LogP contribution < -0.4 is 10.5 Å². The number of aromatic nitrogens is 1. The number of carboxylic acid groups (broad SMARTS) is 1. The number of rotatable bonds is 6. The summed E-state index contributed by atoms with van der Waals surface area (Å²) < 4.78 is 21.4. The average Bonchev–Trinajstić information content (AvgIpc) is 2.22. The number of nitrogens with one attached hydrogen (secondary N) is 1. The number of aromatic carboxylic acids is 1. The summed E-state index contributed by atoms with van der Waals surface area (Å²) in [5, 5.41) is 16.6. The van der Waals surface area contributed by atoms with Crippen molar-refractivity contribution in [3.63, 3.8) is 0 Å². The predicted molar refractivity (Wildman–Crippen MR) is 67.3 cm³/mol. The number of anilines is 1. The summed E-state index contributed by atoms with van der Waals surface area (Å²) in [7, 11) is -3.52. The van der Waals surface area contributed by atoms with E-state index < -0.39 is 16.0 Å². The largest absolute Gasteiger partial charge is 0.478 e. The fraction of sp³-hybridized carbons (Fsp3) is 0.333. The molecule has 0 amide bonds. The van der Waals surface area contributed by atoms with Gasteiger partial charge in [0.05, 0.1) is 5.75 Å². The lowest BCUT2D eigenvalue weighted by Gasteiger charge is -2.08. The molecule has 0 atom stereocenters. The van der Waals surface area contributed by atoms with Crippen LogP contribution in [0.1, 0.15) is 16.8 Å². The van der Waals surface area contributed by atoms with E-state index in [-0.39, 0.29) is 35.3 Å². The number of primary sulfonamides is 1. The summed E-state index contributed by atoms with van der Waals surface area (Å²) in [6.07, 6.45) is 0.242. The Balaban J connectivity index is 2.66. The Kier molecular flexibility index (Phi) is 4.88. The zero-order valence-electron chi connectivity index (χ0n) is 9.26. The van der Waals surface area contributed by atoms with E-state index in [1.54, 1.807) is 0 Å². The maximum Gasteiger partial charge on any atom is 0.339 e. The van der Waals surface area contributed by atoms with Crippen LogP contribution in [0.4, 0.5) is 5.82 Å². The van der Waals surface area contributed by atoms with Crippen molar-refractivity contribution in [2.75, 3.05) is 17.6 Å². The number of carbonyl (C=O) groups is 1. The van der Waals surface area contributed by atoms with E-state index in [4.69, 9.17) is 21.8 Å². The highest BCUT2D eigenvalue weighted by Crippen LogP contribution is 2.16. The predicted octanol–water partition coefficient (Wildman–Crippen LogP) is 0.524. The number of hydrogen-bond acceptors (Lipinski definition) is 5. The Morgan fingerprint density at radius 2 is 2.17 bits per heavy atom. The topological polar surface area (TPSA) is 122 Å². The highest BCUT2D eigenvalue weighted by atomic mass is 35.5. The minimum Gasteiger partial charge on any atom is -0.478 e. The third-order valence-corrected chi connectivity index (χ3v) is 3.06. The van der Waals surface area contributed by atoms with Crippen LogP contribution in [-0.2, 0) is 10.0 Å². The van der Waals surface area contributed by atoms with Crippen molar-refractivity contribution in [3.8, 4) is 0 Å². The smallest absolute Gasteiger partial charge is 0.339 e. The fourth-order valence-electron chi connectivity index (χ4n) is 1.22. The van der Waals surface area contributed by atoms with Gasteiger partial charge in [-0.15, -0.1) is 0 Å². The maximum atomic E-state index is 10.9. The first-order valence-electron chi connectivity index (χ1n) is 4.94. The first-order chi connectivity index (χ1) is 8.29. The van der Waals surface area contributed by atoms with Crippen molar-refractivity contribution in [1.29, 1.82) is 0 Å². The Bertz CT molecular complexity index is 547. The van der Waals surface area contributed by atoms with Crippen LogP contribution in [0.25, 0.3) is 0 Å². The minimum atomic E-state index is -3.52. The van der Waals surface area contributed by atoms with Gasteiger partial charge in [0.15, 0.2) is 0 Å². The first kappa shape index (κ1) is 14.7. The molecule has 1 aromatic rings. The molecule has 4 N–H and O–H groups in total. The van der Waals surface area contributed by atoms with Crippen molar-refractivity contribution in [2.45, 2.75) is 6.42 Å². The molecule has 0 aromatic carbocycles. The maximum absolute atomic E-state index is 10.9. The number of hydrogen-bond donors (Lipinski definition) is 3. The summed E-state index contributed by atoms with van der Waals surface area (Å²) in [6.45, 7) is 0.226. The van der Waals surface area contributed by atoms with Gasteiger partial charge < -0.3 is 10.4 Å². The molecule has 100 valence electrons. The lowest BCUT2D eigenvalue weighted by atomic mass is 10.2. The van der Waals surface area contributed by atoms with Gasteiger partial charge >= 0.3 is 5.97 Å². The molecule has 1 aromatic heterocycles. The lowest BCUT2D eigenvalue weighted by Crippen LogP contribution is -2.19. The van der Waals surface area contributed by atoms with E-state index in [0.29, 0.717) is 0 Å². The van der Waals surface area contributed by atoms with E-state index in [1.807, 2.05) is 0 Å². The van der Waals surface area contributed by atoms with Gasteiger partial charge in [-0.3, -0.25) is 0 Å². The standard InChI is InChI=1S/C9H12ClN3O4S/c10-7-3-2-6(9(14)15)8(13-7)12-4-1-5-18(11,16)17/h2-3H,1,4-5H2,(H,12,13)(H,14,15)(H2,11,16,17). The van der Waals surface area contributed by atoms with Crippen LogP contribution in [0.3, 0.4) is 0 Å². The molecule has 0 aliphatic rings. The molecule has 18 heavy (non-hydrogen) atoms. The Hall–Kier alpha value is -1.38. The third-order valence-electron chi connectivity index (χ3n) is 1.99. The van der Waals surface area contributed by atoms with Gasteiger partial charge in [-0.05, 0) is 18.6 Å². The molecule has 0 bridgehead atoms. The monoisotopic (exact) mass is 293 g/mol. The summed E-state index contributed by atoms with van der Waals surface area (Å²) in [5.74, 6) is -1.24. The zero-order valence-corrected chi connectivity index (χ0v) is 10.8. The molecular formula is C9H12ClN3O4S. The van der Waals surface area contributed by atoms with E-state index >= 15 is 0 Å². The summed E-state index contributed by atoms with van der Waals surface area (Å²) >= 11 is 5.65. The van der Waals surface area contributed by atoms with Gasteiger partial charge in [0.25, 0.3) is 0 Å². The number of pyridine rings is 1. The molecule has 0 aliphatic heterocycles. The molecule has 0 fully saturated rings. The van der Waals surface area contributed by atoms with E-state index in [2.05, 4.69) is 10.3 Å². The van der Waals surface area contributed by atoms with Crippen LogP contribution in [0.5, 0.6) is 0 Å². The molecule has 1 rings (SSSR count). The van der Waals surface area contributed by atoms with Gasteiger partial charge in [-0.2, -0.15) is 0 Å². The molecule has 1 heterocycles. The summed E-state index contributed by atoms with van der Waals surface area (Å²) in [6, 6.07) is 2.68. The Morgan fingerprint density at radius 3 is 2.72 bits per heavy atom. The second-order valence-electron chi connectivity index (χ2n) is 3.48. The van der Waals surface area contributed by atoms with Crippen LogP contribution >= 0.6 is 11.6 Å². The SMILES string of the molecule is NS(=O)(=O)CCCNc1nc(Cl)ccc1C(=O)O. The Labute approximate surface area is 109 Å². The molecule has 0 saturated carbocycles. The number of sulfonamides is 1. The van der Waals surface area contributed by atoms with Crippen molar-refractivity contribution < 1.29 is 18.3 Å². The highest BCUT2D eigenvalue weighted by molar-refractivity contribution is 7.89. The number of carboxylic acids is 1. The molecular weight excluding hydrogens is 282 g/mol. The molecule has 9 heteroatoms. The van der Waals surface area contributed by atoms with Gasteiger partial charge in [0.2, 0.25) is 10.0 Å². The second kappa shape index (κ2) is 5.98. The normalized spacial score (nSPS) is 11.2. The number of nitrogens with zero attached hydrogens (tertiary/aromatic N) is 1. The average molecular weight is 294 g/mol. The van der Waals surface area contributed by atoms with E-state index in [0.717, 1.165) is 0 Å². The van der Waals surface area contributed by atoms with Crippen molar-refractivity contribution >= 4 is 33.4 Å². The van der Waals surface area contributed by atoms with Gasteiger partial charge in [0.1, 0.15) is 16.5 Å². The van der Waals surface area contributed by atoms with Crippen molar-refractivity contribution in [3.05, 3.63) is 22.8 Å². The lowest BCUT2D eigenvalue weighted by molar-refractivity contribution is 0.0697. The molecule has 0 radical (unpaired) electrons. The second-order valence-corrected chi connectivity index (χ2v) is 5.60.